The fraction of sp³-hybridized carbons (Fsp3) is 0.562. The van der Waals surface area contributed by atoms with Crippen molar-refractivity contribution in [3.05, 3.63) is 29.3 Å². The molecule has 1 aromatic rings. The molecule has 0 heterocycles. The molecule has 19 heavy (non-hydrogen) atoms. The third kappa shape index (κ3) is 3.49. The molecule has 3 nitrogen and oxygen atoms in total. The van der Waals surface area contributed by atoms with Crippen LogP contribution in [0.15, 0.2) is 18.2 Å². The molecule has 0 saturated heterocycles. The van der Waals surface area contributed by atoms with Gasteiger partial charge in [-0.15, -0.1) is 0 Å². The summed E-state index contributed by atoms with van der Waals surface area (Å²) in [5.74, 6) is 0.624. The Kier molecular flexibility index (Phi) is 4.46. The Labute approximate surface area is 115 Å². The van der Waals surface area contributed by atoms with Crippen molar-refractivity contribution in [2.24, 2.45) is 5.92 Å². The lowest BCUT2D eigenvalue weighted by Gasteiger charge is -2.27. The lowest BCUT2D eigenvalue weighted by atomic mass is 9.87. The smallest absolute Gasteiger partial charge is 0.220 e. The van der Waals surface area contributed by atoms with Gasteiger partial charge < -0.3 is 11.1 Å². The number of nitrogens with one attached hydrogen (secondary N) is 1. The largest absolute Gasteiger partial charge is 0.399 e. The van der Waals surface area contributed by atoms with Crippen LogP contribution in [-0.2, 0) is 11.2 Å². The SMILES string of the molecule is CCC(C)CC(=O)NC1CCCc2cc(N)ccc21. The highest BCUT2D eigenvalue weighted by Gasteiger charge is 2.22. The fourth-order valence-electron chi connectivity index (χ4n) is 2.70. The number of anilines is 1. The monoisotopic (exact) mass is 260 g/mol. The summed E-state index contributed by atoms with van der Waals surface area (Å²) < 4.78 is 0. The molecule has 2 atom stereocenters. The summed E-state index contributed by atoms with van der Waals surface area (Å²) in [5, 5.41) is 3.18. The number of fused-ring (bicyclic) bond motifs is 1. The van der Waals surface area contributed by atoms with Gasteiger partial charge in [0.05, 0.1) is 6.04 Å². The van der Waals surface area contributed by atoms with Gasteiger partial charge in [-0.25, -0.2) is 0 Å². The van der Waals surface area contributed by atoms with E-state index in [1.165, 1.54) is 11.1 Å². The minimum Gasteiger partial charge on any atom is -0.399 e. The van der Waals surface area contributed by atoms with E-state index in [2.05, 4.69) is 25.2 Å². The second kappa shape index (κ2) is 6.09. The Morgan fingerprint density at radius 2 is 2.32 bits per heavy atom. The molecular formula is C16H24N2O. The van der Waals surface area contributed by atoms with Crippen molar-refractivity contribution in [3.8, 4) is 0 Å². The summed E-state index contributed by atoms with van der Waals surface area (Å²) in [6.07, 6.45) is 4.88. The average Bonchev–Trinajstić information content (AvgIpc) is 2.38. The molecule has 0 fully saturated rings. The van der Waals surface area contributed by atoms with E-state index in [0.29, 0.717) is 12.3 Å². The first kappa shape index (κ1) is 13.9. The number of rotatable bonds is 4. The summed E-state index contributed by atoms with van der Waals surface area (Å²) in [6, 6.07) is 6.21. The molecule has 1 amide bonds. The van der Waals surface area contributed by atoms with Gasteiger partial charge in [-0.1, -0.05) is 26.3 Å². The van der Waals surface area contributed by atoms with Crippen molar-refractivity contribution in [2.75, 3.05) is 5.73 Å². The summed E-state index contributed by atoms with van der Waals surface area (Å²) >= 11 is 0. The summed E-state index contributed by atoms with van der Waals surface area (Å²) in [4.78, 5) is 12.0. The second-order valence-electron chi connectivity index (χ2n) is 5.69. The number of benzene rings is 1. The van der Waals surface area contributed by atoms with Gasteiger partial charge in [0, 0.05) is 12.1 Å². The number of carbonyl (C=O) groups is 1. The number of hydrogen-bond donors (Lipinski definition) is 2. The number of nitrogen functional groups attached to an aromatic ring is 1. The summed E-state index contributed by atoms with van der Waals surface area (Å²) in [6.45, 7) is 4.24. The maximum absolute atomic E-state index is 12.0. The van der Waals surface area contributed by atoms with Crippen LogP contribution in [0, 0.1) is 5.92 Å². The maximum Gasteiger partial charge on any atom is 0.220 e. The Morgan fingerprint density at radius 3 is 3.05 bits per heavy atom. The van der Waals surface area contributed by atoms with Crippen molar-refractivity contribution < 1.29 is 4.79 Å². The summed E-state index contributed by atoms with van der Waals surface area (Å²) in [7, 11) is 0. The maximum atomic E-state index is 12.0. The first-order valence-corrected chi connectivity index (χ1v) is 7.27. The van der Waals surface area contributed by atoms with Crippen LogP contribution in [-0.4, -0.2) is 5.91 Å². The van der Waals surface area contributed by atoms with Gasteiger partial charge in [-0.3, -0.25) is 4.79 Å². The highest BCUT2D eigenvalue weighted by atomic mass is 16.1. The molecule has 2 unspecified atom stereocenters. The Morgan fingerprint density at radius 1 is 1.53 bits per heavy atom. The lowest BCUT2D eigenvalue weighted by molar-refractivity contribution is -0.122. The first-order valence-electron chi connectivity index (χ1n) is 7.27. The second-order valence-corrected chi connectivity index (χ2v) is 5.69. The number of aryl methyl sites for hydroxylation is 1. The molecule has 0 aromatic heterocycles. The van der Waals surface area contributed by atoms with E-state index in [1.807, 2.05) is 12.1 Å². The first-order chi connectivity index (χ1) is 9.10. The van der Waals surface area contributed by atoms with Crippen LogP contribution in [0.3, 0.4) is 0 Å². The molecule has 0 saturated carbocycles. The minimum atomic E-state index is 0.168. The van der Waals surface area contributed by atoms with Gasteiger partial charge in [-0.2, -0.15) is 0 Å². The van der Waals surface area contributed by atoms with Crippen LogP contribution in [0.25, 0.3) is 0 Å². The van der Waals surface area contributed by atoms with Crippen LogP contribution >= 0.6 is 0 Å². The molecular weight excluding hydrogens is 236 g/mol. The molecule has 0 spiro atoms. The fourth-order valence-corrected chi connectivity index (χ4v) is 2.70. The Bertz CT molecular complexity index is 456. The quantitative estimate of drug-likeness (QED) is 0.817. The predicted octanol–water partition coefficient (Wildman–Crippen LogP) is 3.20. The molecule has 104 valence electrons. The van der Waals surface area contributed by atoms with Gasteiger partial charge in [0.1, 0.15) is 0 Å². The van der Waals surface area contributed by atoms with Crippen LogP contribution < -0.4 is 11.1 Å². The highest BCUT2D eigenvalue weighted by molar-refractivity contribution is 5.76. The van der Waals surface area contributed by atoms with Gasteiger partial charge in [0.2, 0.25) is 5.91 Å². The van der Waals surface area contributed by atoms with Crippen LogP contribution in [0.5, 0.6) is 0 Å². The van der Waals surface area contributed by atoms with Crippen molar-refractivity contribution in [2.45, 2.75) is 52.0 Å². The normalized spacial score (nSPS) is 19.6. The molecule has 3 heteroatoms. The summed E-state index contributed by atoms with van der Waals surface area (Å²) in [5.41, 5.74) is 9.18. The average molecular weight is 260 g/mol. The van der Waals surface area contributed by atoms with Crippen LogP contribution in [0.4, 0.5) is 5.69 Å². The molecule has 1 aliphatic rings. The van der Waals surface area contributed by atoms with E-state index < -0.39 is 0 Å². The van der Waals surface area contributed by atoms with Crippen molar-refractivity contribution >= 4 is 11.6 Å². The zero-order chi connectivity index (χ0) is 13.8. The van der Waals surface area contributed by atoms with E-state index in [1.54, 1.807) is 0 Å². The van der Waals surface area contributed by atoms with E-state index in [9.17, 15) is 4.79 Å². The van der Waals surface area contributed by atoms with Crippen LogP contribution in [0.1, 0.15) is 56.7 Å². The van der Waals surface area contributed by atoms with E-state index in [4.69, 9.17) is 5.73 Å². The van der Waals surface area contributed by atoms with Crippen molar-refractivity contribution in [1.29, 1.82) is 0 Å². The zero-order valence-corrected chi connectivity index (χ0v) is 11.9. The number of hydrogen-bond acceptors (Lipinski definition) is 2. The van der Waals surface area contributed by atoms with Gasteiger partial charge in [0.25, 0.3) is 0 Å². The topological polar surface area (TPSA) is 55.1 Å². The van der Waals surface area contributed by atoms with Gasteiger partial charge >= 0.3 is 0 Å². The van der Waals surface area contributed by atoms with Crippen molar-refractivity contribution in [1.82, 2.24) is 5.32 Å². The third-order valence-electron chi connectivity index (χ3n) is 4.05. The molecule has 3 N–H and O–H groups in total. The molecule has 0 radical (unpaired) electrons. The lowest BCUT2D eigenvalue weighted by Crippen LogP contribution is -2.31. The number of carbonyl (C=O) groups excluding carboxylic acids is 1. The molecule has 1 aromatic carbocycles. The number of amides is 1. The Balaban J connectivity index is 2.05. The van der Waals surface area contributed by atoms with Gasteiger partial charge in [0.15, 0.2) is 0 Å². The van der Waals surface area contributed by atoms with Gasteiger partial charge in [-0.05, 0) is 48.4 Å². The zero-order valence-electron chi connectivity index (χ0n) is 11.9. The molecule has 0 bridgehead atoms. The third-order valence-corrected chi connectivity index (χ3v) is 4.05. The predicted molar refractivity (Wildman–Crippen MR) is 78.7 cm³/mol. The number of nitrogens with two attached hydrogens (primary N) is 1. The van der Waals surface area contributed by atoms with E-state index in [0.717, 1.165) is 31.4 Å². The minimum absolute atomic E-state index is 0.168. The van der Waals surface area contributed by atoms with E-state index >= 15 is 0 Å². The van der Waals surface area contributed by atoms with Crippen molar-refractivity contribution in [3.63, 3.8) is 0 Å². The standard InChI is InChI=1S/C16H24N2O/c1-3-11(2)9-16(19)18-15-6-4-5-12-10-13(17)7-8-14(12)15/h7-8,10-11,15H,3-6,9,17H2,1-2H3,(H,18,19). The highest BCUT2D eigenvalue weighted by Crippen LogP contribution is 2.31. The molecule has 1 aliphatic carbocycles. The Hall–Kier alpha value is -1.51. The van der Waals surface area contributed by atoms with E-state index in [-0.39, 0.29) is 11.9 Å². The molecule has 0 aliphatic heterocycles. The molecule has 2 rings (SSSR count). The van der Waals surface area contributed by atoms with Crippen LogP contribution in [0.2, 0.25) is 0 Å².